The molecular weight excluding hydrogens is 394 g/mol. The summed E-state index contributed by atoms with van der Waals surface area (Å²) in [5, 5.41) is 2.65. The van der Waals surface area contributed by atoms with E-state index in [9.17, 15) is 18.0 Å². The molecule has 2 aromatic carbocycles. The minimum atomic E-state index is -3.83. The highest BCUT2D eigenvalue weighted by Crippen LogP contribution is 2.24. The molecule has 2 N–H and O–H groups in total. The Morgan fingerprint density at radius 2 is 1.93 bits per heavy atom. The normalized spacial score (nSPS) is 14.1. The van der Waals surface area contributed by atoms with Crippen molar-refractivity contribution < 1.29 is 22.7 Å². The highest BCUT2D eigenvalue weighted by Gasteiger charge is 2.22. The summed E-state index contributed by atoms with van der Waals surface area (Å²) in [7, 11) is -3.83. The van der Waals surface area contributed by atoms with Gasteiger partial charge in [-0.2, -0.15) is 0 Å². The number of amides is 2. The molecule has 0 saturated carbocycles. The highest BCUT2D eigenvalue weighted by molar-refractivity contribution is 7.89. The Morgan fingerprint density at radius 1 is 1.17 bits per heavy atom. The van der Waals surface area contributed by atoms with E-state index in [0.29, 0.717) is 36.7 Å². The first-order valence-corrected chi connectivity index (χ1v) is 10.8. The van der Waals surface area contributed by atoms with E-state index in [4.69, 9.17) is 4.74 Å². The molecule has 0 aromatic heterocycles. The zero-order valence-electron chi connectivity index (χ0n) is 16.1. The molecule has 2 aromatic rings. The molecule has 1 fully saturated rings. The van der Waals surface area contributed by atoms with E-state index in [1.165, 1.54) is 12.1 Å². The molecule has 0 atom stereocenters. The van der Waals surface area contributed by atoms with Crippen LogP contribution in [0.5, 0.6) is 5.75 Å². The molecule has 0 aliphatic carbocycles. The number of rotatable bonds is 8. The van der Waals surface area contributed by atoms with Crippen LogP contribution in [0.3, 0.4) is 0 Å². The third kappa shape index (κ3) is 5.33. The largest absolute Gasteiger partial charge is 0.494 e. The second kappa shape index (κ2) is 9.06. The summed E-state index contributed by atoms with van der Waals surface area (Å²) in [4.78, 5) is 25.8. The first kappa shape index (κ1) is 20.8. The summed E-state index contributed by atoms with van der Waals surface area (Å²) < 4.78 is 32.3. The van der Waals surface area contributed by atoms with E-state index in [0.717, 1.165) is 6.42 Å². The van der Waals surface area contributed by atoms with Crippen molar-refractivity contribution in [3.63, 3.8) is 0 Å². The van der Waals surface area contributed by atoms with Crippen molar-refractivity contribution in [1.29, 1.82) is 0 Å². The number of anilines is 2. The van der Waals surface area contributed by atoms with Gasteiger partial charge in [0.1, 0.15) is 5.75 Å². The summed E-state index contributed by atoms with van der Waals surface area (Å²) in [6.45, 7) is 2.56. The molecule has 3 rings (SSSR count). The van der Waals surface area contributed by atoms with Gasteiger partial charge in [-0.05, 0) is 55.8 Å². The summed E-state index contributed by atoms with van der Waals surface area (Å²) in [6.07, 6.45) is 1.33. The minimum Gasteiger partial charge on any atom is -0.494 e. The van der Waals surface area contributed by atoms with Crippen LogP contribution in [0.1, 0.15) is 19.8 Å². The van der Waals surface area contributed by atoms with Crippen LogP contribution in [-0.4, -0.2) is 39.9 Å². The SMILES string of the molecule is CCOc1ccc(S(=O)(=O)NCC(=O)Nc2cccc(N3CCCC3=O)c2)cc1. The second-order valence-electron chi connectivity index (χ2n) is 6.48. The maximum absolute atomic E-state index is 12.3. The van der Waals surface area contributed by atoms with Crippen molar-refractivity contribution in [2.75, 3.05) is 29.9 Å². The second-order valence-corrected chi connectivity index (χ2v) is 8.24. The third-order valence-corrected chi connectivity index (χ3v) is 5.80. The summed E-state index contributed by atoms with van der Waals surface area (Å²) >= 11 is 0. The van der Waals surface area contributed by atoms with E-state index in [1.807, 2.05) is 6.92 Å². The molecular formula is C20H23N3O5S. The maximum atomic E-state index is 12.3. The molecule has 154 valence electrons. The van der Waals surface area contributed by atoms with E-state index in [1.54, 1.807) is 41.3 Å². The number of carbonyl (C=O) groups excluding carboxylic acids is 2. The van der Waals surface area contributed by atoms with Crippen LogP contribution in [0.2, 0.25) is 0 Å². The molecule has 9 heteroatoms. The Labute approximate surface area is 169 Å². The lowest BCUT2D eigenvalue weighted by molar-refractivity contribution is -0.117. The summed E-state index contributed by atoms with van der Waals surface area (Å²) in [5.74, 6) is 0.113. The Balaban J connectivity index is 1.58. The zero-order chi connectivity index (χ0) is 20.9. The zero-order valence-corrected chi connectivity index (χ0v) is 16.9. The van der Waals surface area contributed by atoms with Crippen LogP contribution in [0.25, 0.3) is 0 Å². The quantitative estimate of drug-likeness (QED) is 0.685. The standard InChI is InChI=1S/C20H23N3O5S/c1-2-28-17-8-10-18(11-9-17)29(26,27)21-14-19(24)22-15-5-3-6-16(13-15)23-12-4-7-20(23)25/h3,5-6,8-11,13,21H,2,4,7,12,14H2,1H3,(H,22,24). The lowest BCUT2D eigenvalue weighted by atomic mass is 10.2. The topological polar surface area (TPSA) is 105 Å². The van der Waals surface area contributed by atoms with Crippen LogP contribution in [0, 0.1) is 0 Å². The van der Waals surface area contributed by atoms with Gasteiger partial charge in [0.05, 0.1) is 18.0 Å². The molecule has 2 amide bonds. The van der Waals surface area contributed by atoms with Crippen molar-refractivity contribution in [3.8, 4) is 5.75 Å². The number of nitrogens with zero attached hydrogens (tertiary/aromatic N) is 1. The van der Waals surface area contributed by atoms with E-state index >= 15 is 0 Å². The fourth-order valence-corrected chi connectivity index (χ4v) is 3.99. The van der Waals surface area contributed by atoms with Crippen molar-refractivity contribution in [2.45, 2.75) is 24.7 Å². The Kier molecular flexibility index (Phi) is 6.50. The van der Waals surface area contributed by atoms with Gasteiger partial charge in [-0.3, -0.25) is 9.59 Å². The monoisotopic (exact) mass is 417 g/mol. The van der Waals surface area contributed by atoms with Gasteiger partial charge in [-0.15, -0.1) is 0 Å². The van der Waals surface area contributed by atoms with Gasteiger partial charge in [0.15, 0.2) is 0 Å². The van der Waals surface area contributed by atoms with Crippen LogP contribution < -0.4 is 19.7 Å². The molecule has 1 aliphatic rings. The van der Waals surface area contributed by atoms with Gasteiger partial charge in [-0.1, -0.05) is 6.07 Å². The summed E-state index contributed by atoms with van der Waals surface area (Å²) in [6, 6.07) is 12.9. The fourth-order valence-electron chi connectivity index (χ4n) is 3.00. The minimum absolute atomic E-state index is 0.0447. The molecule has 1 saturated heterocycles. The van der Waals surface area contributed by atoms with Gasteiger partial charge in [0, 0.05) is 24.3 Å². The number of ether oxygens (including phenoxy) is 1. The van der Waals surface area contributed by atoms with Crippen LogP contribution in [0.15, 0.2) is 53.4 Å². The van der Waals surface area contributed by atoms with Crippen LogP contribution in [-0.2, 0) is 19.6 Å². The average molecular weight is 417 g/mol. The number of nitrogens with one attached hydrogen (secondary N) is 2. The average Bonchev–Trinajstić information content (AvgIpc) is 3.13. The predicted octanol–water partition coefficient (Wildman–Crippen LogP) is 2.13. The summed E-state index contributed by atoms with van der Waals surface area (Å²) in [5.41, 5.74) is 1.20. The molecule has 0 radical (unpaired) electrons. The Hall–Kier alpha value is -2.91. The van der Waals surface area contributed by atoms with Crippen molar-refractivity contribution >= 4 is 33.2 Å². The van der Waals surface area contributed by atoms with E-state index in [2.05, 4.69) is 10.0 Å². The molecule has 29 heavy (non-hydrogen) atoms. The number of sulfonamides is 1. The number of benzene rings is 2. The van der Waals surface area contributed by atoms with Crippen LogP contribution in [0.4, 0.5) is 11.4 Å². The lowest BCUT2D eigenvalue weighted by Gasteiger charge is -2.16. The number of hydrogen-bond acceptors (Lipinski definition) is 5. The van der Waals surface area contributed by atoms with Gasteiger partial charge in [-0.25, -0.2) is 13.1 Å². The molecule has 0 bridgehead atoms. The number of hydrogen-bond donors (Lipinski definition) is 2. The van der Waals surface area contributed by atoms with E-state index in [-0.39, 0.29) is 10.8 Å². The fraction of sp³-hybridized carbons (Fsp3) is 0.300. The lowest BCUT2D eigenvalue weighted by Crippen LogP contribution is -2.33. The van der Waals surface area contributed by atoms with Gasteiger partial charge in [0.25, 0.3) is 0 Å². The third-order valence-electron chi connectivity index (χ3n) is 4.38. The van der Waals surface area contributed by atoms with Gasteiger partial charge < -0.3 is 15.0 Å². The predicted molar refractivity (Wildman–Crippen MR) is 109 cm³/mol. The Morgan fingerprint density at radius 3 is 2.59 bits per heavy atom. The molecule has 1 aliphatic heterocycles. The molecule has 0 unspecified atom stereocenters. The maximum Gasteiger partial charge on any atom is 0.241 e. The highest BCUT2D eigenvalue weighted by atomic mass is 32.2. The van der Waals surface area contributed by atoms with E-state index < -0.39 is 22.5 Å². The Bertz CT molecular complexity index is 989. The molecule has 1 heterocycles. The van der Waals surface area contributed by atoms with Crippen LogP contribution >= 0.6 is 0 Å². The molecule has 8 nitrogen and oxygen atoms in total. The van der Waals surface area contributed by atoms with Crippen molar-refractivity contribution in [1.82, 2.24) is 4.72 Å². The first-order chi connectivity index (χ1) is 13.9. The smallest absolute Gasteiger partial charge is 0.241 e. The number of carbonyl (C=O) groups is 2. The van der Waals surface area contributed by atoms with Crippen molar-refractivity contribution in [3.05, 3.63) is 48.5 Å². The first-order valence-electron chi connectivity index (χ1n) is 9.32. The molecule has 0 spiro atoms. The van der Waals surface area contributed by atoms with Gasteiger partial charge in [0.2, 0.25) is 21.8 Å². The van der Waals surface area contributed by atoms with Gasteiger partial charge >= 0.3 is 0 Å². The van der Waals surface area contributed by atoms with Crippen molar-refractivity contribution in [2.24, 2.45) is 0 Å².